The average molecular weight is 423 g/mol. The molecule has 0 aliphatic heterocycles. The van der Waals surface area contributed by atoms with Gasteiger partial charge in [0.1, 0.15) is 0 Å². The second kappa shape index (κ2) is 7.31. The molecule has 0 amide bonds. The molecule has 1 nitrogen and oxygen atoms in total. The number of hydrogen-bond acceptors (Lipinski definition) is 1. The molecule has 0 fully saturated rings. The van der Waals surface area contributed by atoms with Crippen LogP contribution in [0.1, 0.15) is 68.2 Å². The fourth-order valence-electron chi connectivity index (χ4n) is 4.61. The zero-order chi connectivity index (χ0) is 21.7. The third-order valence-electron chi connectivity index (χ3n) is 6.10. The first-order valence-corrected chi connectivity index (χ1v) is 20.4. The van der Waals surface area contributed by atoms with Crippen molar-refractivity contribution in [3.05, 3.63) is 11.1 Å². The SMILES string of the molecule is CC1=C(C)CC(C(C)(C)C)([Si](C#CC(C)(C)C)(O[Si](C)(C)C)[Si](C)(C)C)C1. The van der Waals surface area contributed by atoms with Gasteiger partial charge in [0.25, 0.3) is 7.83 Å². The van der Waals surface area contributed by atoms with Crippen LogP contribution in [0, 0.1) is 22.3 Å². The number of hydrogen-bond donors (Lipinski definition) is 0. The van der Waals surface area contributed by atoms with Gasteiger partial charge in [-0.15, -0.1) is 11.5 Å². The van der Waals surface area contributed by atoms with E-state index >= 15 is 0 Å². The van der Waals surface area contributed by atoms with Crippen molar-refractivity contribution in [3.63, 3.8) is 0 Å². The van der Waals surface area contributed by atoms with E-state index in [-0.39, 0.29) is 15.9 Å². The van der Waals surface area contributed by atoms with Crippen molar-refractivity contribution < 1.29 is 4.12 Å². The van der Waals surface area contributed by atoms with Gasteiger partial charge in [0.2, 0.25) is 0 Å². The summed E-state index contributed by atoms with van der Waals surface area (Å²) in [5, 5.41) is 0.164. The molecule has 1 aliphatic carbocycles. The van der Waals surface area contributed by atoms with Crippen LogP contribution in [0.2, 0.25) is 44.3 Å². The van der Waals surface area contributed by atoms with Crippen molar-refractivity contribution in [2.75, 3.05) is 0 Å². The largest absolute Gasteiger partial charge is 0.449 e. The van der Waals surface area contributed by atoms with Crippen molar-refractivity contribution in [3.8, 4) is 11.5 Å². The van der Waals surface area contributed by atoms with Gasteiger partial charge in [-0.1, -0.05) is 51.6 Å². The normalized spacial score (nSPS) is 21.0. The molecule has 0 aromatic carbocycles. The van der Waals surface area contributed by atoms with Crippen molar-refractivity contribution in [2.45, 2.75) is 113 Å². The van der Waals surface area contributed by atoms with Crippen LogP contribution in [-0.4, -0.2) is 23.7 Å². The van der Waals surface area contributed by atoms with Crippen LogP contribution in [0.15, 0.2) is 11.1 Å². The topological polar surface area (TPSA) is 9.23 Å². The highest BCUT2D eigenvalue weighted by Gasteiger charge is 2.68. The van der Waals surface area contributed by atoms with Crippen LogP contribution in [0.3, 0.4) is 0 Å². The molecule has 0 N–H and O–H groups in total. The Bertz CT molecular complexity index is 637. The van der Waals surface area contributed by atoms with Gasteiger partial charge in [0.15, 0.2) is 8.32 Å². The summed E-state index contributed by atoms with van der Waals surface area (Å²) < 4.78 is 7.43. The fourth-order valence-corrected chi connectivity index (χ4v) is 28.0. The molecule has 1 unspecified atom stereocenters. The van der Waals surface area contributed by atoms with Crippen LogP contribution in [0.5, 0.6) is 0 Å². The molecule has 0 saturated heterocycles. The monoisotopic (exact) mass is 422 g/mol. The summed E-state index contributed by atoms with van der Waals surface area (Å²) in [6.45, 7) is 33.5. The molecule has 0 saturated carbocycles. The molecule has 1 atom stereocenters. The van der Waals surface area contributed by atoms with Gasteiger partial charge >= 0.3 is 0 Å². The smallest absolute Gasteiger partial charge is 0.252 e. The van der Waals surface area contributed by atoms with Crippen molar-refractivity contribution in [1.82, 2.24) is 0 Å². The molecule has 4 heteroatoms. The van der Waals surface area contributed by atoms with Crippen LogP contribution >= 0.6 is 0 Å². The molecule has 0 aromatic heterocycles. The first-order valence-electron chi connectivity index (χ1n) is 10.6. The second-order valence-corrected chi connectivity index (χ2v) is 31.6. The highest BCUT2D eigenvalue weighted by Crippen LogP contribution is 2.66. The Morgan fingerprint density at radius 1 is 0.815 bits per heavy atom. The molecule has 1 aliphatic rings. The fraction of sp³-hybridized carbons (Fsp3) is 0.826. The third-order valence-corrected chi connectivity index (χ3v) is 23.9. The summed E-state index contributed by atoms with van der Waals surface area (Å²) in [4.78, 5) is 0. The molecule has 0 bridgehead atoms. The van der Waals surface area contributed by atoms with E-state index in [0.717, 1.165) is 0 Å². The minimum Gasteiger partial charge on any atom is -0.449 e. The van der Waals surface area contributed by atoms with E-state index < -0.39 is 23.7 Å². The Morgan fingerprint density at radius 2 is 1.22 bits per heavy atom. The molecule has 0 radical (unpaired) electrons. The molecule has 1 rings (SSSR count). The highest BCUT2D eigenvalue weighted by molar-refractivity contribution is 7.44. The molecular weight excluding hydrogens is 377 g/mol. The predicted molar refractivity (Wildman–Crippen MR) is 131 cm³/mol. The van der Waals surface area contributed by atoms with E-state index in [1.807, 2.05) is 0 Å². The zero-order valence-electron chi connectivity index (χ0n) is 20.8. The summed E-state index contributed by atoms with van der Waals surface area (Å²) in [5.41, 5.74) is 7.38. The van der Waals surface area contributed by atoms with Gasteiger partial charge < -0.3 is 4.12 Å². The second-order valence-electron chi connectivity index (χ2n) is 12.9. The van der Waals surface area contributed by atoms with E-state index in [1.165, 1.54) is 12.8 Å². The standard InChI is InChI=1S/C23H46OSi3/c1-19-17-23(18-20(19)2,22(6,7)8)27(26(12,13)14,24-25(9,10)11)16-15-21(3,4)5/h17-18H2,1-14H3. The highest BCUT2D eigenvalue weighted by atomic mass is 29.3. The molecule has 0 spiro atoms. The lowest BCUT2D eigenvalue weighted by atomic mass is 9.77. The van der Waals surface area contributed by atoms with Crippen LogP contribution in [0.4, 0.5) is 0 Å². The maximum atomic E-state index is 7.43. The number of allylic oxidation sites excluding steroid dienone is 2. The summed E-state index contributed by atoms with van der Waals surface area (Å²) in [7, 11) is -5.84. The van der Waals surface area contributed by atoms with Crippen molar-refractivity contribution in [1.29, 1.82) is 0 Å². The van der Waals surface area contributed by atoms with Gasteiger partial charge in [-0.2, -0.15) is 0 Å². The maximum Gasteiger partial charge on any atom is 0.252 e. The van der Waals surface area contributed by atoms with Gasteiger partial charge in [-0.3, -0.25) is 0 Å². The van der Waals surface area contributed by atoms with E-state index in [2.05, 4.69) is 106 Å². The van der Waals surface area contributed by atoms with Gasteiger partial charge in [-0.05, 0) is 72.5 Å². The van der Waals surface area contributed by atoms with E-state index in [1.54, 1.807) is 11.1 Å². The van der Waals surface area contributed by atoms with Crippen LogP contribution in [-0.2, 0) is 4.12 Å². The molecular formula is C23H46OSi3. The predicted octanol–water partition coefficient (Wildman–Crippen LogP) is 7.71. The summed E-state index contributed by atoms with van der Waals surface area (Å²) in [6.07, 6.45) is 2.34. The van der Waals surface area contributed by atoms with Crippen molar-refractivity contribution in [2.24, 2.45) is 10.8 Å². The van der Waals surface area contributed by atoms with Crippen LogP contribution in [0.25, 0.3) is 0 Å². The van der Waals surface area contributed by atoms with E-state index in [9.17, 15) is 0 Å². The first-order chi connectivity index (χ1) is 11.7. The molecule has 0 heterocycles. The first kappa shape index (κ1) is 24.9. The Hall–Kier alpha value is -0.0894. The Labute approximate surface area is 173 Å². The van der Waals surface area contributed by atoms with E-state index in [4.69, 9.17) is 4.12 Å². The lowest BCUT2D eigenvalue weighted by Gasteiger charge is -2.58. The third kappa shape index (κ3) is 5.10. The maximum absolute atomic E-state index is 7.43. The molecule has 0 aromatic rings. The quantitative estimate of drug-likeness (QED) is 0.256. The molecule has 27 heavy (non-hydrogen) atoms. The van der Waals surface area contributed by atoms with Crippen molar-refractivity contribution >= 4 is 23.7 Å². The lowest BCUT2D eigenvalue weighted by molar-refractivity contribution is 0.240. The minimum atomic E-state index is -2.38. The summed E-state index contributed by atoms with van der Waals surface area (Å²) in [6, 6.07) is 0. The van der Waals surface area contributed by atoms with Crippen LogP contribution < -0.4 is 0 Å². The Kier molecular flexibility index (Phi) is 6.75. The zero-order valence-corrected chi connectivity index (χ0v) is 23.8. The Balaban J connectivity index is 3.95. The van der Waals surface area contributed by atoms with Gasteiger partial charge in [0, 0.05) is 10.5 Å². The number of rotatable bonds is 4. The summed E-state index contributed by atoms with van der Waals surface area (Å²) in [5.74, 6) is 3.72. The van der Waals surface area contributed by atoms with Gasteiger partial charge in [-0.25, -0.2) is 0 Å². The minimum absolute atomic E-state index is 0.00982. The molecule has 156 valence electrons. The van der Waals surface area contributed by atoms with Gasteiger partial charge in [0.05, 0.1) is 7.59 Å². The Morgan fingerprint density at radius 3 is 1.48 bits per heavy atom. The lowest BCUT2D eigenvalue weighted by Crippen LogP contribution is -2.71. The average Bonchev–Trinajstić information content (AvgIpc) is 2.68. The van der Waals surface area contributed by atoms with E-state index in [0.29, 0.717) is 0 Å². The summed E-state index contributed by atoms with van der Waals surface area (Å²) >= 11 is 0.